The molecule has 4 nitrogen and oxygen atoms in total. The van der Waals surface area contributed by atoms with Crippen LogP contribution in [-0.2, 0) is 4.79 Å². The van der Waals surface area contributed by atoms with E-state index in [0.29, 0.717) is 6.42 Å². The Morgan fingerprint density at radius 1 is 1.50 bits per heavy atom. The van der Waals surface area contributed by atoms with Crippen LogP contribution in [0.1, 0.15) is 32.1 Å². The Balaban J connectivity index is 2.05. The molecule has 1 fully saturated rings. The van der Waals surface area contributed by atoms with Gasteiger partial charge < -0.3 is 15.4 Å². The molecule has 104 valence electrons. The summed E-state index contributed by atoms with van der Waals surface area (Å²) >= 11 is 3.96. The van der Waals surface area contributed by atoms with Gasteiger partial charge in [-0.15, -0.1) is 0 Å². The van der Waals surface area contributed by atoms with Crippen LogP contribution in [0.15, 0.2) is 0 Å². The number of nitrogens with one attached hydrogen (secondary N) is 1. The van der Waals surface area contributed by atoms with Crippen molar-refractivity contribution in [1.82, 2.24) is 5.32 Å². The van der Waals surface area contributed by atoms with E-state index in [1.54, 1.807) is 0 Å². The van der Waals surface area contributed by atoms with Gasteiger partial charge in [-0.25, -0.2) is 0 Å². The largest absolute Gasteiger partial charge is 0.476 e. The molecule has 0 radical (unpaired) electrons. The van der Waals surface area contributed by atoms with Crippen LogP contribution in [0, 0.1) is 0 Å². The first kappa shape index (κ1) is 16.6. The van der Waals surface area contributed by atoms with Gasteiger partial charge in [0.05, 0.1) is 5.94 Å². The third-order valence-corrected chi connectivity index (χ3v) is 6.21. The van der Waals surface area contributed by atoms with Gasteiger partial charge in [0, 0.05) is 23.2 Å². The Morgan fingerprint density at radius 2 is 2.28 bits per heavy atom. The number of amides is 1. The number of carbonyl (C=O) groups is 1. The van der Waals surface area contributed by atoms with Crippen LogP contribution in [0.3, 0.4) is 0 Å². The molecule has 0 aromatic carbocycles. The first-order valence-corrected chi connectivity index (χ1v) is 9.19. The molecule has 18 heavy (non-hydrogen) atoms. The van der Waals surface area contributed by atoms with Gasteiger partial charge in [-0.05, 0) is 19.3 Å². The third kappa shape index (κ3) is 6.61. The Kier molecular flexibility index (Phi) is 8.66. The summed E-state index contributed by atoms with van der Waals surface area (Å²) in [5.74, 6) is 0.658. The Morgan fingerprint density at radius 3 is 2.83 bits per heavy atom. The average molecular weight is 309 g/mol. The van der Waals surface area contributed by atoms with Gasteiger partial charge in [-0.3, -0.25) is 4.79 Å². The summed E-state index contributed by atoms with van der Waals surface area (Å²) < 4.78 is 0. The fourth-order valence-electron chi connectivity index (χ4n) is 1.72. The Hall–Kier alpha value is 0.505. The summed E-state index contributed by atoms with van der Waals surface area (Å²) in [6, 6.07) is 0. The maximum Gasteiger partial charge on any atom is 0.476 e. The molecule has 1 aliphatic heterocycles. The molecule has 1 rings (SSSR count). The van der Waals surface area contributed by atoms with E-state index in [1.807, 2.05) is 21.6 Å². The molecule has 0 spiro atoms. The van der Waals surface area contributed by atoms with Gasteiger partial charge in [0.2, 0.25) is 5.91 Å². The average Bonchev–Trinajstić information content (AvgIpc) is 2.84. The van der Waals surface area contributed by atoms with Crippen LogP contribution >= 0.6 is 34.2 Å². The van der Waals surface area contributed by atoms with E-state index < -0.39 is 13.1 Å². The number of hydrogen-bond donors (Lipinski definition) is 4. The molecular weight excluding hydrogens is 289 g/mol. The summed E-state index contributed by atoms with van der Waals surface area (Å²) in [6.45, 7) is 0. The third-order valence-electron chi connectivity index (χ3n) is 2.81. The van der Waals surface area contributed by atoms with E-state index in [9.17, 15) is 4.79 Å². The van der Waals surface area contributed by atoms with Crippen LogP contribution in [0.5, 0.6) is 0 Å². The van der Waals surface area contributed by atoms with Crippen molar-refractivity contribution in [2.75, 3.05) is 11.5 Å². The molecule has 3 N–H and O–H groups in total. The molecule has 1 saturated heterocycles. The topological polar surface area (TPSA) is 69.6 Å². The van der Waals surface area contributed by atoms with E-state index in [2.05, 4.69) is 17.9 Å². The number of unbranched alkanes of at least 4 members (excludes halogenated alkanes) is 1. The van der Waals surface area contributed by atoms with E-state index in [0.717, 1.165) is 18.1 Å². The van der Waals surface area contributed by atoms with Gasteiger partial charge in [-0.1, -0.05) is 28.0 Å². The molecule has 0 aromatic rings. The zero-order chi connectivity index (χ0) is 13.4. The zero-order valence-corrected chi connectivity index (χ0v) is 12.8. The smallest absolute Gasteiger partial charge is 0.426 e. The highest BCUT2D eigenvalue weighted by molar-refractivity contribution is 8.77. The highest BCUT2D eigenvalue weighted by Crippen LogP contribution is 2.39. The van der Waals surface area contributed by atoms with E-state index in [-0.39, 0.29) is 11.7 Å². The minimum absolute atomic E-state index is 0.129. The second-order valence-corrected chi connectivity index (χ2v) is 7.50. The number of rotatable bonds is 8. The van der Waals surface area contributed by atoms with Crippen LogP contribution < -0.4 is 5.32 Å². The summed E-state index contributed by atoms with van der Waals surface area (Å²) in [5.41, 5.74) is 0. The summed E-state index contributed by atoms with van der Waals surface area (Å²) in [4.78, 5) is 11.5. The van der Waals surface area contributed by atoms with E-state index >= 15 is 0 Å². The van der Waals surface area contributed by atoms with Crippen molar-refractivity contribution < 1.29 is 14.8 Å². The highest BCUT2D eigenvalue weighted by atomic mass is 33.1. The van der Waals surface area contributed by atoms with Crippen LogP contribution in [0.4, 0.5) is 0 Å². The Labute approximate surface area is 122 Å². The summed E-state index contributed by atoms with van der Waals surface area (Å²) in [5, 5.41) is 21.2. The van der Waals surface area contributed by atoms with Gasteiger partial charge in [0.25, 0.3) is 0 Å². The molecule has 8 heteroatoms. The lowest BCUT2D eigenvalue weighted by molar-refractivity contribution is -0.121. The van der Waals surface area contributed by atoms with Gasteiger partial charge in [-0.2, -0.15) is 12.6 Å². The van der Waals surface area contributed by atoms with Crippen LogP contribution in [0.25, 0.3) is 0 Å². The van der Waals surface area contributed by atoms with Crippen molar-refractivity contribution in [3.8, 4) is 0 Å². The second-order valence-electron chi connectivity index (χ2n) is 4.34. The number of hydrogen-bond acceptors (Lipinski definition) is 6. The lowest BCUT2D eigenvalue weighted by Gasteiger charge is -2.15. The minimum Gasteiger partial charge on any atom is -0.426 e. The molecule has 0 unspecified atom stereocenters. The van der Waals surface area contributed by atoms with Crippen molar-refractivity contribution in [1.29, 1.82) is 0 Å². The standard InChI is InChI=1S/C10H20BNO3S3/c13-10(12-9(7-16)11(14)15)4-2-1-3-8-5-6-17-18-8/h8-9,14-16H,1-7H2,(H,12,13)/t8-,9-/m1/s1. The van der Waals surface area contributed by atoms with Gasteiger partial charge >= 0.3 is 7.12 Å². The second kappa shape index (κ2) is 9.42. The Bertz CT molecular complexity index is 253. The molecular formula is C10H20BNO3S3. The maximum absolute atomic E-state index is 11.5. The fraction of sp³-hybridized carbons (Fsp3) is 0.900. The van der Waals surface area contributed by atoms with Gasteiger partial charge in [0.15, 0.2) is 0 Å². The first-order valence-electron chi connectivity index (χ1n) is 6.18. The van der Waals surface area contributed by atoms with Crippen molar-refractivity contribution in [3.63, 3.8) is 0 Å². The zero-order valence-electron chi connectivity index (χ0n) is 10.2. The summed E-state index contributed by atoms with van der Waals surface area (Å²) in [6.07, 6.45) is 4.80. The maximum atomic E-state index is 11.5. The van der Waals surface area contributed by atoms with Gasteiger partial charge in [0.1, 0.15) is 0 Å². The van der Waals surface area contributed by atoms with Crippen LogP contribution in [0.2, 0.25) is 0 Å². The molecule has 2 atom stereocenters. The molecule has 0 aliphatic carbocycles. The summed E-state index contributed by atoms with van der Waals surface area (Å²) in [7, 11) is 2.35. The number of thiol groups is 1. The molecule has 0 aromatic heterocycles. The van der Waals surface area contributed by atoms with E-state index in [4.69, 9.17) is 10.0 Å². The number of carbonyl (C=O) groups excluding carboxylic acids is 1. The molecule has 0 bridgehead atoms. The lowest BCUT2D eigenvalue weighted by Crippen LogP contribution is -2.47. The van der Waals surface area contributed by atoms with Crippen LogP contribution in [-0.4, -0.2) is 45.8 Å². The van der Waals surface area contributed by atoms with E-state index in [1.165, 1.54) is 18.6 Å². The van der Waals surface area contributed by atoms with Crippen molar-refractivity contribution in [3.05, 3.63) is 0 Å². The first-order chi connectivity index (χ1) is 8.63. The quantitative estimate of drug-likeness (QED) is 0.234. The minimum atomic E-state index is -1.54. The van der Waals surface area contributed by atoms with Crippen molar-refractivity contribution in [2.24, 2.45) is 0 Å². The predicted molar refractivity (Wildman–Crippen MR) is 82.9 cm³/mol. The van der Waals surface area contributed by atoms with Crippen molar-refractivity contribution >= 4 is 47.2 Å². The molecule has 1 aliphatic rings. The fourth-order valence-corrected chi connectivity index (χ4v) is 5.02. The SMILES string of the molecule is O=C(CCCC[C@@H]1CCSS1)N[C@H](CS)B(O)O. The molecule has 1 amide bonds. The predicted octanol–water partition coefficient (Wildman–Crippen LogP) is 1.13. The lowest BCUT2D eigenvalue weighted by atomic mass is 9.81. The monoisotopic (exact) mass is 309 g/mol. The highest BCUT2D eigenvalue weighted by Gasteiger charge is 2.23. The molecule has 1 heterocycles. The molecule has 0 saturated carbocycles. The normalized spacial score (nSPS) is 20.7. The van der Waals surface area contributed by atoms with Crippen molar-refractivity contribution in [2.45, 2.75) is 43.3 Å².